The molecule has 4 aliphatic rings. The Bertz CT molecular complexity index is 1020. The van der Waals surface area contributed by atoms with E-state index in [0.29, 0.717) is 18.7 Å². The Morgan fingerprint density at radius 2 is 2.25 bits per heavy atom. The fraction of sp³-hybridized carbons (Fsp3) is 0.318. The molecule has 0 aromatic heterocycles. The number of carbonyl (C=O) groups excluding carboxylic acids is 1. The van der Waals surface area contributed by atoms with Crippen LogP contribution in [0.4, 0.5) is 0 Å². The molecule has 2 atom stereocenters. The van der Waals surface area contributed by atoms with Gasteiger partial charge in [0.25, 0.3) is 0 Å². The van der Waals surface area contributed by atoms with Crippen LogP contribution in [0.3, 0.4) is 0 Å². The van der Waals surface area contributed by atoms with Gasteiger partial charge in [0, 0.05) is 42.6 Å². The van der Waals surface area contributed by atoms with Gasteiger partial charge in [0.1, 0.15) is 6.61 Å². The lowest BCUT2D eigenvalue weighted by Crippen LogP contribution is -2.60. The van der Waals surface area contributed by atoms with Gasteiger partial charge in [-0.3, -0.25) is 9.79 Å². The lowest BCUT2D eigenvalue weighted by Gasteiger charge is -2.42. The van der Waals surface area contributed by atoms with E-state index in [0.717, 1.165) is 22.4 Å². The Balaban J connectivity index is 1.61. The van der Waals surface area contributed by atoms with Crippen molar-refractivity contribution >= 4 is 12.1 Å². The topological polar surface area (TPSA) is 88.7 Å². The van der Waals surface area contributed by atoms with Crippen LogP contribution in [0.15, 0.2) is 74.8 Å². The quantitative estimate of drug-likeness (QED) is 0.729. The summed E-state index contributed by atoms with van der Waals surface area (Å²) in [5, 5.41) is 21.7. The van der Waals surface area contributed by atoms with E-state index in [1.807, 2.05) is 18.4 Å². The van der Waals surface area contributed by atoms with Crippen LogP contribution in [0.2, 0.25) is 0 Å². The molecule has 0 saturated carbocycles. The summed E-state index contributed by atoms with van der Waals surface area (Å²) < 4.78 is 0. The van der Waals surface area contributed by atoms with Gasteiger partial charge in [-0.2, -0.15) is 5.26 Å². The lowest BCUT2D eigenvalue weighted by atomic mass is 9.80. The number of aliphatic hydroxyl groups excluding tert-OH is 1. The van der Waals surface area contributed by atoms with Gasteiger partial charge in [0.2, 0.25) is 5.91 Å². The fourth-order valence-electron chi connectivity index (χ4n) is 3.83. The van der Waals surface area contributed by atoms with Crippen molar-refractivity contribution in [1.82, 2.24) is 10.2 Å². The molecule has 28 heavy (non-hydrogen) atoms. The van der Waals surface area contributed by atoms with Gasteiger partial charge < -0.3 is 15.3 Å². The van der Waals surface area contributed by atoms with Crippen LogP contribution in [0, 0.1) is 17.2 Å². The molecule has 2 N–H and O–H groups in total. The molecule has 140 valence electrons. The molecule has 4 rings (SSSR count). The van der Waals surface area contributed by atoms with Gasteiger partial charge in [-0.1, -0.05) is 11.5 Å². The Labute approximate surface area is 163 Å². The summed E-state index contributed by atoms with van der Waals surface area (Å²) in [5.74, 6) is -0.120. The summed E-state index contributed by atoms with van der Waals surface area (Å²) in [6.45, 7) is 2.78. The van der Waals surface area contributed by atoms with E-state index >= 15 is 0 Å². The monoisotopic (exact) mass is 372 g/mol. The molecular weight excluding hydrogens is 352 g/mol. The van der Waals surface area contributed by atoms with Crippen molar-refractivity contribution in [1.29, 1.82) is 5.26 Å². The second-order valence-electron chi connectivity index (χ2n) is 7.22. The molecule has 0 spiro atoms. The van der Waals surface area contributed by atoms with Crippen LogP contribution in [0.5, 0.6) is 0 Å². The molecule has 2 aliphatic carbocycles. The molecule has 2 aliphatic heterocycles. The minimum Gasteiger partial charge on any atom is -0.387 e. The number of nitriles is 1. The van der Waals surface area contributed by atoms with E-state index in [2.05, 4.69) is 46.9 Å². The Morgan fingerprint density at radius 3 is 3.00 bits per heavy atom. The summed E-state index contributed by atoms with van der Waals surface area (Å²) in [6, 6.07) is 2.39. The number of hydrogen-bond acceptors (Lipinski definition) is 5. The zero-order valence-electron chi connectivity index (χ0n) is 15.5. The number of carbonyl (C=O) groups is 1. The molecule has 1 amide bonds. The highest BCUT2D eigenvalue weighted by atomic mass is 16.3. The molecular formula is C22H20N4O2. The second kappa shape index (κ2) is 7.34. The molecule has 1 fully saturated rings. The summed E-state index contributed by atoms with van der Waals surface area (Å²) in [4.78, 5) is 17.7. The molecule has 2 unspecified atom stereocenters. The highest BCUT2D eigenvalue weighted by Crippen LogP contribution is 2.36. The minimum atomic E-state index is -0.453. The highest BCUT2D eigenvalue weighted by molar-refractivity contribution is 5.78. The first-order chi connectivity index (χ1) is 13.6. The van der Waals surface area contributed by atoms with Crippen molar-refractivity contribution < 1.29 is 9.90 Å². The molecule has 1 saturated heterocycles. The normalized spacial score (nSPS) is 25.5. The third-order valence-electron chi connectivity index (χ3n) is 5.31. The van der Waals surface area contributed by atoms with E-state index in [1.54, 1.807) is 11.0 Å². The van der Waals surface area contributed by atoms with Gasteiger partial charge in [0.15, 0.2) is 0 Å². The van der Waals surface area contributed by atoms with E-state index in [1.165, 1.54) is 0 Å². The zero-order chi connectivity index (χ0) is 19.7. The summed E-state index contributed by atoms with van der Waals surface area (Å²) >= 11 is 0. The first kappa shape index (κ1) is 18.0. The van der Waals surface area contributed by atoms with Gasteiger partial charge in [-0.25, -0.2) is 0 Å². The number of aliphatic hydroxyl groups is 1. The standard InChI is InChI=1S/C22H20N4O2/c1-14-22-17(5-6-24-14)8-18(16-4-2-3-15(7-16)10-23)9-20(22)25-19-11-26(12-19)21(28)13-27/h3,5-9,14,19,22,25,27H,11-13H2,1H3. The number of nitrogens with one attached hydrogen (secondary N) is 1. The number of rotatable bonds is 4. The highest BCUT2D eigenvalue weighted by Gasteiger charge is 2.35. The average molecular weight is 372 g/mol. The van der Waals surface area contributed by atoms with E-state index in [4.69, 9.17) is 5.11 Å². The zero-order valence-corrected chi connectivity index (χ0v) is 15.5. The van der Waals surface area contributed by atoms with Crippen LogP contribution >= 0.6 is 0 Å². The summed E-state index contributed by atoms with van der Waals surface area (Å²) in [5.41, 5.74) is 10.5. The predicted octanol–water partition coefficient (Wildman–Crippen LogP) is 1.32. The van der Waals surface area contributed by atoms with Gasteiger partial charge >= 0.3 is 0 Å². The SMILES string of the molecule is CC1N=CC=C2C=C(C3=C=C=CC(C#N)=C3)C=C(NC3CN(C(=O)CO)C3)C21. The number of fused-ring (bicyclic) bond motifs is 1. The number of dihydropyridines is 1. The van der Waals surface area contributed by atoms with Crippen LogP contribution in [-0.4, -0.2) is 53.9 Å². The number of likely N-dealkylation sites (tertiary alicyclic amines) is 1. The molecule has 0 radical (unpaired) electrons. The van der Waals surface area contributed by atoms with Crippen molar-refractivity contribution in [2.45, 2.75) is 19.0 Å². The lowest BCUT2D eigenvalue weighted by molar-refractivity contribution is -0.138. The molecule has 2 heterocycles. The van der Waals surface area contributed by atoms with Crippen molar-refractivity contribution in [3.05, 3.63) is 69.8 Å². The Hall–Kier alpha value is -3.35. The molecule has 6 nitrogen and oxygen atoms in total. The van der Waals surface area contributed by atoms with Crippen molar-refractivity contribution in [3.8, 4) is 6.07 Å². The number of nitrogens with zero attached hydrogens (tertiary/aromatic N) is 3. The third-order valence-corrected chi connectivity index (χ3v) is 5.31. The van der Waals surface area contributed by atoms with E-state index in [-0.39, 0.29) is 23.9 Å². The smallest absolute Gasteiger partial charge is 0.248 e. The van der Waals surface area contributed by atoms with Gasteiger partial charge in [-0.05, 0) is 42.4 Å². The minimum absolute atomic E-state index is 0.104. The second-order valence-corrected chi connectivity index (χ2v) is 7.22. The maximum atomic E-state index is 11.6. The van der Waals surface area contributed by atoms with Crippen LogP contribution in [0.1, 0.15) is 6.92 Å². The molecule has 0 bridgehead atoms. The van der Waals surface area contributed by atoms with Crippen LogP contribution < -0.4 is 5.32 Å². The molecule has 0 aromatic rings. The van der Waals surface area contributed by atoms with Crippen LogP contribution in [0.25, 0.3) is 0 Å². The van der Waals surface area contributed by atoms with Gasteiger partial charge in [-0.15, -0.1) is 0 Å². The number of allylic oxidation sites excluding steroid dienone is 8. The first-order valence-corrected chi connectivity index (χ1v) is 9.24. The largest absolute Gasteiger partial charge is 0.387 e. The fourth-order valence-corrected chi connectivity index (χ4v) is 3.83. The Morgan fingerprint density at radius 1 is 1.43 bits per heavy atom. The van der Waals surface area contributed by atoms with Crippen molar-refractivity contribution in [2.24, 2.45) is 10.9 Å². The maximum absolute atomic E-state index is 11.6. The van der Waals surface area contributed by atoms with Crippen LogP contribution in [-0.2, 0) is 4.79 Å². The summed E-state index contributed by atoms with van der Waals surface area (Å²) in [6.07, 6.45) is 11.5. The van der Waals surface area contributed by atoms with Crippen molar-refractivity contribution in [2.75, 3.05) is 19.7 Å². The first-order valence-electron chi connectivity index (χ1n) is 9.24. The maximum Gasteiger partial charge on any atom is 0.248 e. The third kappa shape index (κ3) is 3.31. The average Bonchev–Trinajstić information content (AvgIpc) is 2.69. The number of aliphatic imine (C=N–C) groups is 1. The number of amides is 1. The molecule has 0 aromatic carbocycles. The summed E-state index contributed by atoms with van der Waals surface area (Å²) in [7, 11) is 0. The van der Waals surface area contributed by atoms with E-state index in [9.17, 15) is 10.1 Å². The Kier molecular flexibility index (Phi) is 4.73. The van der Waals surface area contributed by atoms with E-state index < -0.39 is 6.61 Å². The predicted molar refractivity (Wildman–Crippen MR) is 105 cm³/mol. The number of hydrogen-bond donors (Lipinski definition) is 2. The molecule has 6 heteroatoms. The van der Waals surface area contributed by atoms with Crippen molar-refractivity contribution in [3.63, 3.8) is 0 Å². The van der Waals surface area contributed by atoms with Gasteiger partial charge in [0.05, 0.1) is 23.7 Å².